The van der Waals surface area contributed by atoms with Crippen molar-refractivity contribution >= 4 is 17.4 Å². The van der Waals surface area contributed by atoms with E-state index in [1.807, 2.05) is 6.92 Å². The number of aliphatic imine (C=N–C) groups is 1. The fraction of sp³-hybridized carbons (Fsp3) is 0.278. The number of nitrogens with one attached hydrogen (secondary N) is 1. The van der Waals surface area contributed by atoms with Crippen LogP contribution in [0.15, 0.2) is 41.4 Å². The minimum atomic E-state index is -4.39. The van der Waals surface area contributed by atoms with Crippen molar-refractivity contribution in [2.24, 2.45) is 4.99 Å². The van der Waals surface area contributed by atoms with Crippen molar-refractivity contribution < 1.29 is 18.3 Å². The van der Waals surface area contributed by atoms with Gasteiger partial charge in [-0.15, -0.1) is 0 Å². The van der Waals surface area contributed by atoms with Crippen LogP contribution in [0.1, 0.15) is 35.2 Å². The van der Waals surface area contributed by atoms with Crippen molar-refractivity contribution in [1.29, 1.82) is 0 Å². The van der Waals surface area contributed by atoms with Crippen molar-refractivity contribution in [2.75, 3.05) is 7.05 Å². The molecule has 0 radical (unpaired) electrons. The summed E-state index contributed by atoms with van der Waals surface area (Å²) in [6, 6.07) is 8.20. The smallest absolute Gasteiger partial charge is 0.416 e. The summed E-state index contributed by atoms with van der Waals surface area (Å²) < 4.78 is 39.1. The van der Waals surface area contributed by atoms with Gasteiger partial charge in [0.25, 0.3) is 0 Å². The van der Waals surface area contributed by atoms with Crippen molar-refractivity contribution in [3.63, 3.8) is 0 Å². The molecule has 1 heterocycles. The Balaban J connectivity index is 1.96. The van der Waals surface area contributed by atoms with E-state index in [-0.39, 0.29) is 23.4 Å². The number of hydrogen-bond acceptors (Lipinski definition) is 3. The number of hydrogen-bond donors (Lipinski definition) is 2. The molecule has 1 atom stereocenters. The SMILES string of the molecule is CC1c2cc(C(F)(F)F)ccc2C(=NCc2ccc(O)c(Cl)c2)NN1C. The summed E-state index contributed by atoms with van der Waals surface area (Å²) in [5.74, 6) is 0.468. The Hall–Kier alpha value is -2.25. The van der Waals surface area contributed by atoms with E-state index >= 15 is 0 Å². The molecule has 8 heteroatoms. The molecule has 0 amide bonds. The van der Waals surface area contributed by atoms with Crippen LogP contribution in [0.2, 0.25) is 5.02 Å². The summed E-state index contributed by atoms with van der Waals surface area (Å²) in [5.41, 5.74) is 4.39. The second-order valence-electron chi connectivity index (χ2n) is 6.15. The Labute approximate surface area is 153 Å². The van der Waals surface area contributed by atoms with E-state index in [0.717, 1.165) is 11.6 Å². The Morgan fingerprint density at radius 1 is 1.23 bits per heavy atom. The highest BCUT2D eigenvalue weighted by atomic mass is 35.5. The highest BCUT2D eigenvalue weighted by Crippen LogP contribution is 2.34. The van der Waals surface area contributed by atoms with Crippen molar-refractivity contribution in [3.8, 4) is 5.75 Å². The van der Waals surface area contributed by atoms with E-state index in [9.17, 15) is 18.3 Å². The number of benzene rings is 2. The molecule has 138 valence electrons. The van der Waals surface area contributed by atoms with E-state index in [2.05, 4.69) is 10.4 Å². The highest BCUT2D eigenvalue weighted by Gasteiger charge is 2.33. The zero-order valence-corrected chi connectivity index (χ0v) is 14.9. The van der Waals surface area contributed by atoms with Gasteiger partial charge in [-0.25, -0.2) is 5.01 Å². The maximum absolute atomic E-state index is 13.0. The van der Waals surface area contributed by atoms with Crippen LogP contribution in [0.3, 0.4) is 0 Å². The number of halogens is 4. The molecule has 2 aromatic carbocycles. The van der Waals surface area contributed by atoms with Gasteiger partial charge in [-0.1, -0.05) is 23.7 Å². The third-order valence-corrected chi connectivity index (χ3v) is 4.68. The predicted molar refractivity (Wildman–Crippen MR) is 94.1 cm³/mol. The Bertz CT molecular complexity index is 867. The second kappa shape index (κ2) is 6.81. The molecule has 0 aromatic heterocycles. The largest absolute Gasteiger partial charge is 0.506 e. The van der Waals surface area contributed by atoms with Gasteiger partial charge in [0.05, 0.1) is 23.2 Å². The van der Waals surface area contributed by atoms with Crippen molar-refractivity contribution in [2.45, 2.75) is 25.7 Å². The molecule has 0 saturated carbocycles. The molecule has 2 N–H and O–H groups in total. The molecule has 1 unspecified atom stereocenters. The molecular formula is C18H17ClF3N3O. The van der Waals surface area contributed by atoms with Gasteiger partial charge in [0.15, 0.2) is 0 Å². The number of hydrazine groups is 1. The van der Waals surface area contributed by atoms with Crippen molar-refractivity contribution in [1.82, 2.24) is 10.4 Å². The predicted octanol–water partition coefficient (Wildman–Crippen LogP) is 4.52. The lowest BCUT2D eigenvalue weighted by molar-refractivity contribution is -0.137. The van der Waals surface area contributed by atoms with Gasteiger partial charge in [-0.2, -0.15) is 13.2 Å². The summed E-state index contributed by atoms with van der Waals surface area (Å²) in [5, 5.41) is 11.4. The molecule has 1 aliphatic heterocycles. The van der Waals surface area contributed by atoms with E-state index < -0.39 is 11.7 Å². The molecule has 2 aromatic rings. The Morgan fingerprint density at radius 2 is 1.96 bits per heavy atom. The number of nitrogens with zero attached hydrogens (tertiary/aromatic N) is 2. The fourth-order valence-corrected chi connectivity index (χ4v) is 2.98. The fourth-order valence-electron chi connectivity index (χ4n) is 2.77. The van der Waals surface area contributed by atoms with Gasteiger partial charge in [0, 0.05) is 12.6 Å². The zero-order valence-electron chi connectivity index (χ0n) is 14.1. The number of phenolic OH excluding ortho intramolecular Hbond substituents is 1. The van der Waals surface area contributed by atoms with Gasteiger partial charge < -0.3 is 10.5 Å². The lowest BCUT2D eigenvalue weighted by atomic mass is 9.95. The number of amidine groups is 1. The zero-order chi connectivity index (χ0) is 19.1. The van der Waals surface area contributed by atoms with Crippen LogP contribution < -0.4 is 5.43 Å². The third-order valence-electron chi connectivity index (χ3n) is 4.38. The molecule has 4 nitrogen and oxygen atoms in total. The molecular weight excluding hydrogens is 367 g/mol. The number of alkyl halides is 3. The van der Waals surface area contributed by atoms with Gasteiger partial charge in [-0.05, 0) is 42.3 Å². The van der Waals surface area contributed by atoms with Crippen LogP contribution in [0, 0.1) is 0 Å². The molecule has 1 aliphatic rings. The summed E-state index contributed by atoms with van der Waals surface area (Å²) >= 11 is 5.89. The third kappa shape index (κ3) is 3.64. The maximum atomic E-state index is 13.0. The van der Waals surface area contributed by atoms with Crippen LogP contribution in [0.25, 0.3) is 0 Å². The molecule has 0 aliphatic carbocycles. The minimum Gasteiger partial charge on any atom is -0.506 e. The lowest BCUT2D eigenvalue weighted by Gasteiger charge is -2.34. The molecule has 0 saturated heterocycles. The van der Waals surface area contributed by atoms with Crippen LogP contribution in [-0.2, 0) is 12.7 Å². The first-order chi connectivity index (χ1) is 12.2. The molecule has 3 rings (SSSR count). The first kappa shape index (κ1) is 18.5. The molecule has 0 bridgehead atoms. The first-order valence-corrected chi connectivity index (χ1v) is 8.27. The van der Waals surface area contributed by atoms with Gasteiger partial charge >= 0.3 is 6.18 Å². The quantitative estimate of drug-likeness (QED) is 0.801. The van der Waals surface area contributed by atoms with Crippen LogP contribution in [0.5, 0.6) is 5.75 Å². The van der Waals surface area contributed by atoms with E-state index in [1.165, 1.54) is 18.2 Å². The average molecular weight is 384 g/mol. The molecule has 0 fully saturated rings. The topological polar surface area (TPSA) is 47.9 Å². The Morgan fingerprint density at radius 3 is 2.62 bits per heavy atom. The number of phenols is 1. The number of fused-ring (bicyclic) bond motifs is 1. The van der Waals surface area contributed by atoms with E-state index in [1.54, 1.807) is 24.2 Å². The van der Waals surface area contributed by atoms with Gasteiger partial charge in [0.1, 0.15) is 11.6 Å². The van der Waals surface area contributed by atoms with Crippen LogP contribution in [-0.4, -0.2) is 23.0 Å². The summed E-state index contributed by atoms with van der Waals surface area (Å²) in [7, 11) is 1.75. The minimum absolute atomic E-state index is 0.0163. The van der Waals surface area contributed by atoms with Crippen LogP contribution >= 0.6 is 11.6 Å². The van der Waals surface area contributed by atoms with Crippen molar-refractivity contribution in [3.05, 3.63) is 63.7 Å². The summed E-state index contributed by atoms with van der Waals surface area (Å²) in [6.45, 7) is 2.09. The second-order valence-corrected chi connectivity index (χ2v) is 6.56. The monoisotopic (exact) mass is 383 g/mol. The standard InChI is InChI=1S/C18H17ClF3N3O/c1-10-14-8-12(18(20,21)22)4-5-13(14)17(24-25(10)2)23-9-11-3-6-16(26)15(19)7-11/h3-8,10,26H,9H2,1-2H3,(H,23,24). The highest BCUT2D eigenvalue weighted by molar-refractivity contribution is 6.32. The average Bonchev–Trinajstić information content (AvgIpc) is 2.58. The van der Waals surface area contributed by atoms with E-state index in [4.69, 9.17) is 11.6 Å². The number of aromatic hydroxyl groups is 1. The first-order valence-electron chi connectivity index (χ1n) is 7.89. The molecule has 0 spiro atoms. The van der Waals surface area contributed by atoms with E-state index in [0.29, 0.717) is 17.0 Å². The summed E-state index contributed by atoms with van der Waals surface area (Å²) in [6.07, 6.45) is -4.39. The Kier molecular flexibility index (Phi) is 4.86. The van der Waals surface area contributed by atoms with Crippen LogP contribution in [0.4, 0.5) is 13.2 Å². The lowest BCUT2D eigenvalue weighted by Crippen LogP contribution is -2.46. The number of rotatable bonds is 2. The molecule has 26 heavy (non-hydrogen) atoms. The van der Waals surface area contributed by atoms with Gasteiger partial charge in [-0.3, -0.25) is 4.99 Å². The van der Waals surface area contributed by atoms with Gasteiger partial charge in [0.2, 0.25) is 0 Å². The normalized spacial score (nSPS) is 19.3. The maximum Gasteiger partial charge on any atom is 0.416 e. The summed E-state index contributed by atoms with van der Waals surface area (Å²) in [4.78, 5) is 4.48.